The number of hydrogen-bond acceptors (Lipinski definition) is 4. The van der Waals surface area contributed by atoms with Crippen molar-refractivity contribution >= 4 is 17.5 Å². The number of carbonyl (C=O) groups is 2. The molecule has 3 amide bonds. The van der Waals surface area contributed by atoms with Gasteiger partial charge in [0.05, 0.1) is 5.57 Å². The van der Waals surface area contributed by atoms with Gasteiger partial charge in [0.1, 0.15) is 11.5 Å². The molecule has 0 radical (unpaired) electrons. The molecule has 1 saturated heterocycles. The Kier molecular flexibility index (Phi) is 3.99. The van der Waals surface area contributed by atoms with E-state index in [1.807, 2.05) is 31.2 Å². The number of ether oxygens (including phenoxy) is 1. The van der Waals surface area contributed by atoms with E-state index in [-0.39, 0.29) is 5.57 Å². The van der Waals surface area contributed by atoms with Gasteiger partial charge in [-0.2, -0.15) is 0 Å². The largest absolute Gasteiger partial charge is 0.457 e. The fraction of sp³-hybridized carbons (Fsp3) is 0.222. The molecular weight excluding hydrogens is 308 g/mol. The van der Waals surface area contributed by atoms with Crippen LogP contribution in [0.15, 0.2) is 53.8 Å². The van der Waals surface area contributed by atoms with Crippen LogP contribution < -0.4 is 4.74 Å². The Labute approximate surface area is 139 Å². The molecule has 1 aromatic rings. The number of likely N-dealkylation sites (N-methyl/N-ethyl adjacent to an activating group) is 2. The number of hydrogen-bond donors (Lipinski definition) is 1. The molecule has 2 aliphatic rings. The summed E-state index contributed by atoms with van der Waals surface area (Å²) < 4.78 is 5.79. The zero-order valence-electron chi connectivity index (χ0n) is 13.7. The van der Waals surface area contributed by atoms with Crippen LogP contribution in [0.25, 0.3) is 5.57 Å². The summed E-state index contributed by atoms with van der Waals surface area (Å²) in [6.07, 6.45) is 3.99. The molecule has 24 heavy (non-hydrogen) atoms. The van der Waals surface area contributed by atoms with Crippen LogP contribution in [0.5, 0.6) is 5.75 Å². The van der Waals surface area contributed by atoms with Crippen LogP contribution in [0.4, 0.5) is 4.79 Å². The standard InChI is InChI=1S/C18H18N2O4/c1-4-7-11-10-13(12-8-5-6-9-14(12)24-11)15-16(21)19(2)18(23)20(3)17(15)22/h4-10,16,21H,1-3H3/b7-4+,15-13-. The van der Waals surface area contributed by atoms with E-state index in [4.69, 9.17) is 4.74 Å². The monoisotopic (exact) mass is 326 g/mol. The Hall–Kier alpha value is -2.86. The van der Waals surface area contributed by atoms with Gasteiger partial charge in [0.2, 0.25) is 0 Å². The molecule has 1 N–H and O–H groups in total. The minimum atomic E-state index is -1.31. The minimum Gasteiger partial charge on any atom is -0.457 e. The van der Waals surface area contributed by atoms with Gasteiger partial charge in [-0.3, -0.25) is 14.6 Å². The zero-order valence-corrected chi connectivity index (χ0v) is 13.7. The number of urea groups is 1. The first-order valence-electron chi connectivity index (χ1n) is 7.54. The maximum Gasteiger partial charge on any atom is 0.328 e. The van der Waals surface area contributed by atoms with E-state index in [1.54, 1.807) is 18.2 Å². The van der Waals surface area contributed by atoms with Crippen molar-refractivity contribution in [3.8, 4) is 5.75 Å². The van der Waals surface area contributed by atoms with Crippen LogP contribution in [0, 0.1) is 0 Å². The fourth-order valence-electron chi connectivity index (χ4n) is 2.79. The lowest BCUT2D eigenvalue weighted by molar-refractivity contribution is -0.128. The molecule has 1 fully saturated rings. The number of para-hydroxylation sites is 1. The molecular formula is C18H18N2O4. The van der Waals surface area contributed by atoms with Crippen molar-refractivity contribution in [1.29, 1.82) is 0 Å². The summed E-state index contributed by atoms with van der Waals surface area (Å²) in [5.41, 5.74) is 1.40. The first-order valence-corrected chi connectivity index (χ1v) is 7.54. The number of fused-ring (bicyclic) bond motifs is 1. The van der Waals surface area contributed by atoms with Gasteiger partial charge in [0.15, 0.2) is 6.23 Å². The highest BCUT2D eigenvalue weighted by Gasteiger charge is 2.40. The van der Waals surface area contributed by atoms with Crippen molar-refractivity contribution in [3.63, 3.8) is 0 Å². The number of amides is 3. The summed E-state index contributed by atoms with van der Waals surface area (Å²) in [7, 11) is 2.85. The Morgan fingerprint density at radius 3 is 2.62 bits per heavy atom. The highest BCUT2D eigenvalue weighted by Crippen LogP contribution is 2.38. The van der Waals surface area contributed by atoms with E-state index in [1.165, 1.54) is 14.1 Å². The number of nitrogens with zero attached hydrogens (tertiary/aromatic N) is 2. The Morgan fingerprint density at radius 1 is 1.21 bits per heavy atom. The molecule has 6 heteroatoms. The van der Waals surface area contributed by atoms with Crippen LogP contribution in [0.1, 0.15) is 12.5 Å². The number of imide groups is 1. The van der Waals surface area contributed by atoms with Gasteiger partial charge in [0.25, 0.3) is 5.91 Å². The molecule has 0 spiro atoms. The molecule has 2 aliphatic heterocycles. The second kappa shape index (κ2) is 5.98. The van der Waals surface area contributed by atoms with Crippen molar-refractivity contribution < 1.29 is 19.4 Å². The number of aliphatic hydroxyl groups is 1. The van der Waals surface area contributed by atoms with Crippen LogP contribution in [0.3, 0.4) is 0 Å². The van der Waals surface area contributed by atoms with Crippen molar-refractivity contribution in [2.24, 2.45) is 0 Å². The van der Waals surface area contributed by atoms with Gasteiger partial charge in [-0.1, -0.05) is 24.3 Å². The predicted molar refractivity (Wildman–Crippen MR) is 88.8 cm³/mol. The highest BCUT2D eigenvalue weighted by atomic mass is 16.5. The van der Waals surface area contributed by atoms with Crippen molar-refractivity contribution in [2.45, 2.75) is 13.2 Å². The van der Waals surface area contributed by atoms with Gasteiger partial charge in [-0.15, -0.1) is 0 Å². The number of benzene rings is 1. The zero-order chi connectivity index (χ0) is 17.4. The third-order valence-electron chi connectivity index (χ3n) is 4.06. The molecule has 2 heterocycles. The molecule has 6 nitrogen and oxygen atoms in total. The van der Waals surface area contributed by atoms with Gasteiger partial charge >= 0.3 is 6.03 Å². The van der Waals surface area contributed by atoms with Gasteiger partial charge in [-0.25, -0.2) is 4.79 Å². The molecule has 124 valence electrons. The van der Waals surface area contributed by atoms with Crippen LogP contribution in [-0.4, -0.2) is 47.2 Å². The minimum absolute atomic E-state index is 0.150. The lowest BCUT2D eigenvalue weighted by Crippen LogP contribution is -2.55. The van der Waals surface area contributed by atoms with E-state index >= 15 is 0 Å². The quantitative estimate of drug-likeness (QED) is 0.803. The molecule has 3 rings (SSSR count). The number of allylic oxidation sites excluding steroid dienone is 4. The van der Waals surface area contributed by atoms with E-state index in [0.717, 1.165) is 9.80 Å². The topological polar surface area (TPSA) is 70.1 Å². The van der Waals surface area contributed by atoms with Gasteiger partial charge in [0, 0.05) is 25.2 Å². The second-order valence-corrected chi connectivity index (χ2v) is 5.60. The predicted octanol–water partition coefficient (Wildman–Crippen LogP) is 2.13. The lowest BCUT2D eigenvalue weighted by atomic mass is 9.93. The maximum atomic E-state index is 12.6. The summed E-state index contributed by atoms with van der Waals surface area (Å²) in [5.74, 6) is 0.632. The molecule has 0 bridgehead atoms. The van der Waals surface area contributed by atoms with E-state index in [2.05, 4.69) is 0 Å². The third-order valence-corrected chi connectivity index (χ3v) is 4.06. The average Bonchev–Trinajstić information content (AvgIpc) is 2.58. The van der Waals surface area contributed by atoms with E-state index in [9.17, 15) is 14.7 Å². The van der Waals surface area contributed by atoms with E-state index in [0.29, 0.717) is 22.6 Å². The highest BCUT2D eigenvalue weighted by molar-refractivity contribution is 6.12. The summed E-state index contributed by atoms with van der Waals surface area (Å²) in [6, 6.07) is 6.73. The van der Waals surface area contributed by atoms with E-state index < -0.39 is 18.2 Å². The van der Waals surface area contributed by atoms with Crippen LogP contribution in [0.2, 0.25) is 0 Å². The normalized spacial score (nSPS) is 24.2. The molecule has 0 saturated carbocycles. The number of rotatable bonds is 1. The van der Waals surface area contributed by atoms with Crippen molar-refractivity contribution in [3.05, 3.63) is 59.4 Å². The summed E-state index contributed by atoms with van der Waals surface area (Å²) in [5, 5.41) is 10.5. The van der Waals surface area contributed by atoms with Gasteiger partial charge < -0.3 is 9.84 Å². The van der Waals surface area contributed by atoms with Crippen molar-refractivity contribution in [1.82, 2.24) is 9.80 Å². The smallest absolute Gasteiger partial charge is 0.328 e. The van der Waals surface area contributed by atoms with Crippen molar-refractivity contribution in [2.75, 3.05) is 14.1 Å². The first-order chi connectivity index (χ1) is 11.5. The fourth-order valence-corrected chi connectivity index (χ4v) is 2.79. The lowest BCUT2D eigenvalue weighted by Gasteiger charge is -2.36. The Bertz CT molecular complexity index is 807. The Balaban J connectivity index is 2.26. The van der Waals surface area contributed by atoms with Gasteiger partial charge in [-0.05, 0) is 25.1 Å². The summed E-state index contributed by atoms with van der Waals surface area (Å²) in [4.78, 5) is 26.7. The van der Waals surface area contributed by atoms with Crippen LogP contribution >= 0.6 is 0 Å². The SMILES string of the molecule is C/C=C/C1=CC(=C2/C(=O)N(C)C(=O)N(C)C2O)/c2ccccc2O1. The number of aliphatic hydroxyl groups excluding tert-OH is 1. The second-order valence-electron chi connectivity index (χ2n) is 5.60. The summed E-state index contributed by atoms with van der Waals surface area (Å²) in [6.45, 7) is 1.86. The molecule has 1 unspecified atom stereocenters. The third kappa shape index (κ3) is 2.41. The average molecular weight is 326 g/mol. The Morgan fingerprint density at radius 2 is 1.92 bits per heavy atom. The molecule has 1 atom stereocenters. The number of carbonyl (C=O) groups excluding carboxylic acids is 2. The van der Waals surface area contributed by atoms with Crippen LogP contribution in [-0.2, 0) is 4.79 Å². The maximum absolute atomic E-state index is 12.6. The molecule has 0 aliphatic carbocycles. The molecule has 0 aromatic heterocycles. The first kappa shape index (κ1) is 16.0. The summed E-state index contributed by atoms with van der Waals surface area (Å²) >= 11 is 0. The molecule has 1 aromatic carbocycles.